The number of pyridine rings is 1. The largest absolute Gasteiger partial charge is 0.206 e. The number of aromatic nitrogens is 1. The van der Waals surface area contributed by atoms with Crippen molar-refractivity contribution in [2.24, 2.45) is 15.3 Å². The summed E-state index contributed by atoms with van der Waals surface area (Å²) in [6.45, 7) is 2.02. The molecule has 0 bridgehead atoms. The molecule has 1 N–H and O–H groups in total. The number of benzene rings is 1. The van der Waals surface area contributed by atoms with Crippen molar-refractivity contribution in [1.29, 1.82) is 5.53 Å². The first-order valence-corrected chi connectivity index (χ1v) is 5.11. The van der Waals surface area contributed by atoms with Crippen LogP contribution in [0.4, 0.5) is 17.3 Å². The lowest BCUT2D eigenvalue weighted by atomic mass is 10.2. The lowest BCUT2D eigenvalue weighted by Gasteiger charge is -1.94. The minimum Gasteiger partial charge on any atom is -0.206 e. The van der Waals surface area contributed by atoms with Crippen LogP contribution in [0.25, 0.3) is 0 Å². The van der Waals surface area contributed by atoms with Crippen molar-refractivity contribution in [3.63, 3.8) is 0 Å². The molecular formula is C12H11N5. The van der Waals surface area contributed by atoms with Crippen LogP contribution in [0.1, 0.15) is 5.56 Å². The number of azo groups is 1. The number of rotatable bonds is 3. The average molecular weight is 225 g/mol. The molecule has 0 aliphatic rings. The van der Waals surface area contributed by atoms with Crippen LogP contribution in [-0.4, -0.2) is 4.98 Å². The van der Waals surface area contributed by atoms with Crippen molar-refractivity contribution in [2.75, 3.05) is 0 Å². The van der Waals surface area contributed by atoms with Crippen LogP contribution in [0.5, 0.6) is 0 Å². The number of nitrogens with one attached hydrogen (secondary N) is 1. The van der Waals surface area contributed by atoms with Gasteiger partial charge in [0, 0.05) is 0 Å². The molecule has 0 atom stereocenters. The zero-order valence-electron chi connectivity index (χ0n) is 9.33. The third-order valence-corrected chi connectivity index (χ3v) is 2.14. The molecule has 84 valence electrons. The number of aryl methyl sites for hydroxylation is 1. The van der Waals surface area contributed by atoms with Gasteiger partial charge in [0.15, 0.2) is 11.6 Å². The summed E-state index contributed by atoms with van der Waals surface area (Å²) in [6, 6.07) is 12.8. The fraction of sp³-hybridized carbons (Fsp3) is 0.0833. The van der Waals surface area contributed by atoms with E-state index in [1.165, 1.54) is 5.56 Å². The van der Waals surface area contributed by atoms with E-state index < -0.39 is 0 Å². The van der Waals surface area contributed by atoms with Crippen molar-refractivity contribution < 1.29 is 0 Å². The van der Waals surface area contributed by atoms with Gasteiger partial charge in [0.25, 0.3) is 0 Å². The van der Waals surface area contributed by atoms with Gasteiger partial charge in [0.1, 0.15) is 0 Å². The molecule has 5 heteroatoms. The third-order valence-electron chi connectivity index (χ3n) is 2.14. The van der Waals surface area contributed by atoms with E-state index in [4.69, 9.17) is 5.53 Å². The standard InChI is InChI=1S/C12H11N5/c1-9-5-7-10(8-6-9)16-17-12-4-2-3-11(14-12)15-13/h2-8,13H,1H3/b15-13?,17-16+. The van der Waals surface area contributed by atoms with E-state index in [-0.39, 0.29) is 0 Å². The van der Waals surface area contributed by atoms with Crippen LogP contribution < -0.4 is 0 Å². The summed E-state index contributed by atoms with van der Waals surface area (Å²) in [5.74, 6) is 0.768. The quantitative estimate of drug-likeness (QED) is 0.769. The topological polar surface area (TPSA) is 73.8 Å². The summed E-state index contributed by atoms with van der Waals surface area (Å²) in [7, 11) is 0. The van der Waals surface area contributed by atoms with Crippen LogP contribution in [0.15, 0.2) is 57.8 Å². The van der Waals surface area contributed by atoms with E-state index >= 15 is 0 Å². The van der Waals surface area contributed by atoms with Gasteiger partial charge in [0.05, 0.1) is 5.69 Å². The van der Waals surface area contributed by atoms with E-state index in [2.05, 4.69) is 20.3 Å². The lowest BCUT2D eigenvalue weighted by Crippen LogP contribution is -1.73. The van der Waals surface area contributed by atoms with Crippen molar-refractivity contribution >= 4 is 17.3 Å². The molecule has 0 aliphatic heterocycles. The summed E-state index contributed by atoms with van der Waals surface area (Å²) in [5, 5.41) is 11.3. The van der Waals surface area contributed by atoms with Gasteiger partial charge in [-0.2, -0.15) is 0 Å². The van der Waals surface area contributed by atoms with Crippen molar-refractivity contribution in [3.05, 3.63) is 48.0 Å². The second-order valence-corrected chi connectivity index (χ2v) is 3.50. The molecule has 0 saturated heterocycles. The Balaban J connectivity index is 2.19. The fourth-order valence-electron chi connectivity index (χ4n) is 1.25. The summed E-state index contributed by atoms with van der Waals surface area (Å²) in [6.07, 6.45) is 0. The van der Waals surface area contributed by atoms with Crippen LogP contribution in [0.3, 0.4) is 0 Å². The Hall–Kier alpha value is -2.43. The highest BCUT2D eigenvalue weighted by Gasteiger charge is 1.94. The van der Waals surface area contributed by atoms with Gasteiger partial charge < -0.3 is 0 Å². The summed E-state index contributed by atoms with van der Waals surface area (Å²) < 4.78 is 0. The normalized spacial score (nSPS) is 10.6. The first-order valence-electron chi connectivity index (χ1n) is 5.11. The van der Waals surface area contributed by atoms with Gasteiger partial charge in [-0.3, -0.25) is 0 Å². The van der Waals surface area contributed by atoms with Gasteiger partial charge in [-0.25, -0.2) is 10.5 Å². The van der Waals surface area contributed by atoms with Gasteiger partial charge in [0.2, 0.25) is 0 Å². The average Bonchev–Trinajstić information content (AvgIpc) is 2.38. The maximum Gasteiger partial charge on any atom is 0.176 e. The summed E-state index contributed by atoms with van der Waals surface area (Å²) in [5.41, 5.74) is 8.80. The first kappa shape index (κ1) is 11.1. The van der Waals surface area contributed by atoms with E-state index in [9.17, 15) is 0 Å². The van der Waals surface area contributed by atoms with Gasteiger partial charge in [-0.15, -0.1) is 15.3 Å². The predicted molar refractivity (Wildman–Crippen MR) is 64.4 cm³/mol. The second-order valence-electron chi connectivity index (χ2n) is 3.50. The molecule has 0 unspecified atom stereocenters. The molecule has 1 aromatic carbocycles. The Morgan fingerprint density at radius 1 is 0.941 bits per heavy atom. The van der Waals surface area contributed by atoms with Crippen LogP contribution in [0, 0.1) is 12.5 Å². The zero-order chi connectivity index (χ0) is 12.1. The van der Waals surface area contributed by atoms with Gasteiger partial charge in [-0.05, 0) is 31.2 Å². The van der Waals surface area contributed by atoms with Crippen molar-refractivity contribution in [3.8, 4) is 0 Å². The Labute approximate surface area is 98.8 Å². The maximum absolute atomic E-state index is 6.85. The highest BCUT2D eigenvalue weighted by atomic mass is 15.2. The summed E-state index contributed by atoms with van der Waals surface area (Å²) in [4.78, 5) is 4.01. The maximum atomic E-state index is 6.85. The van der Waals surface area contributed by atoms with Gasteiger partial charge >= 0.3 is 0 Å². The minimum absolute atomic E-state index is 0.324. The van der Waals surface area contributed by atoms with Crippen molar-refractivity contribution in [1.82, 2.24) is 4.98 Å². The molecule has 0 saturated carbocycles. The molecule has 1 aromatic heterocycles. The number of hydrogen-bond donors (Lipinski definition) is 1. The number of nitrogens with zero attached hydrogens (tertiary/aromatic N) is 4. The highest BCUT2D eigenvalue weighted by Crippen LogP contribution is 2.19. The third kappa shape index (κ3) is 3.01. The summed E-state index contributed by atoms with van der Waals surface area (Å²) >= 11 is 0. The van der Waals surface area contributed by atoms with Gasteiger partial charge in [-0.1, -0.05) is 23.8 Å². The molecule has 0 spiro atoms. The monoisotopic (exact) mass is 225 g/mol. The van der Waals surface area contributed by atoms with E-state index in [0.29, 0.717) is 11.6 Å². The molecule has 5 nitrogen and oxygen atoms in total. The van der Waals surface area contributed by atoms with Crippen LogP contribution >= 0.6 is 0 Å². The second kappa shape index (κ2) is 5.07. The van der Waals surface area contributed by atoms with Crippen molar-refractivity contribution in [2.45, 2.75) is 6.92 Å². The molecule has 2 rings (SSSR count). The predicted octanol–water partition coefficient (Wildman–Crippen LogP) is 4.47. The molecule has 0 radical (unpaired) electrons. The lowest BCUT2D eigenvalue weighted by molar-refractivity contribution is 1.07. The fourth-order valence-corrected chi connectivity index (χ4v) is 1.25. The SMILES string of the molecule is Cc1ccc(/N=N/c2cccc(N=N)n2)cc1. The first-order chi connectivity index (χ1) is 8.28. The molecular weight excluding hydrogens is 214 g/mol. The van der Waals surface area contributed by atoms with E-state index in [1.807, 2.05) is 31.2 Å². The molecule has 0 fully saturated rings. The minimum atomic E-state index is 0.324. The Bertz CT molecular complexity index is 545. The Morgan fingerprint density at radius 3 is 2.35 bits per heavy atom. The van der Waals surface area contributed by atoms with E-state index in [1.54, 1.807) is 18.2 Å². The van der Waals surface area contributed by atoms with Crippen LogP contribution in [-0.2, 0) is 0 Å². The molecule has 17 heavy (non-hydrogen) atoms. The Morgan fingerprint density at radius 2 is 1.65 bits per heavy atom. The van der Waals surface area contributed by atoms with E-state index in [0.717, 1.165) is 5.69 Å². The molecule has 0 aliphatic carbocycles. The molecule has 0 amide bonds. The Kier molecular flexibility index (Phi) is 3.30. The smallest absolute Gasteiger partial charge is 0.176 e. The van der Waals surface area contributed by atoms with Crippen LogP contribution in [0.2, 0.25) is 0 Å². The molecule has 2 aromatic rings. The zero-order valence-corrected chi connectivity index (χ0v) is 9.33. The highest BCUT2D eigenvalue weighted by molar-refractivity contribution is 5.40. The number of hydrogen-bond acceptors (Lipinski definition) is 5. The molecule has 1 heterocycles.